The van der Waals surface area contributed by atoms with Gasteiger partial charge in [-0.15, -0.1) is 0 Å². The van der Waals surface area contributed by atoms with E-state index < -0.39 is 10.0 Å². The van der Waals surface area contributed by atoms with Gasteiger partial charge in [0.25, 0.3) is 0 Å². The molecule has 0 saturated carbocycles. The Morgan fingerprint density at radius 2 is 1.68 bits per heavy atom. The molecule has 2 aromatic rings. The van der Waals surface area contributed by atoms with E-state index >= 15 is 0 Å². The van der Waals surface area contributed by atoms with Gasteiger partial charge in [-0.25, -0.2) is 8.42 Å². The molecule has 0 aliphatic carbocycles. The Balaban J connectivity index is 1.53. The van der Waals surface area contributed by atoms with Crippen LogP contribution >= 0.6 is 11.6 Å². The summed E-state index contributed by atoms with van der Waals surface area (Å²) in [5.41, 5.74) is 2.64. The Kier molecular flexibility index (Phi) is 5.45. The number of piperidine rings is 1. The summed E-state index contributed by atoms with van der Waals surface area (Å²) in [6.45, 7) is 1.76. The lowest BCUT2D eigenvalue weighted by Gasteiger charge is -2.26. The number of halogens is 1. The quantitative estimate of drug-likeness (QED) is 0.761. The van der Waals surface area contributed by atoms with E-state index in [9.17, 15) is 13.2 Å². The maximum atomic E-state index is 12.9. The van der Waals surface area contributed by atoms with E-state index in [2.05, 4.69) is 0 Å². The van der Waals surface area contributed by atoms with Crippen LogP contribution in [0.4, 0.5) is 5.69 Å². The highest BCUT2D eigenvalue weighted by Gasteiger charge is 2.30. The summed E-state index contributed by atoms with van der Waals surface area (Å²) in [6, 6.07) is 12.4. The molecule has 7 heteroatoms. The Morgan fingerprint density at radius 3 is 2.39 bits per heavy atom. The molecule has 5 nitrogen and oxygen atoms in total. The van der Waals surface area contributed by atoms with Crippen LogP contribution in [0.25, 0.3) is 0 Å². The average molecular weight is 419 g/mol. The van der Waals surface area contributed by atoms with Crippen molar-refractivity contribution in [3.63, 3.8) is 0 Å². The molecule has 0 radical (unpaired) electrons. The zero-order valence-electron chi connectivity index (χ0n) is 15.6. The molecule has 1 fully saturated rings. The number of carbonyl (C=O) groups is 1. The second-order valence-corrected chi connectivity index (χ2v) is 9.73. The fraction of sp³-hybridized carbons (Fsp3) is 0.381. The largest absolute Gasteiger partial charge is 0.312 e. The summed E-state index contributed by atoms with van der Waals surface area (Å²) in [5, 5.41) is 0.644. The molecule has 0 spiro atoms. The van der Waals surface area contributed by atoms with Gasteiger partial charge in [0.15, 0.2) is 0 Å². The van der Waals surface area contributed by atoms with Gasteiger partial charge in [0.1, 0.15) is 0 Å². The molecule has 1 saturated heterocycles. The smallest absolute Gasteiger partial charge is 0.243 e. The van der Waals surface area contributed by atoms with Gasteiger partial charge in [-0.1, -0.05) is 30.2 Å². The van der Waals surface area contributed by atoms with Crippen LogP contribution in [0, 0.1) is 0 Å². The highest BCUT2D eigenvalue weighted by molar-refractivity contribution is 7.89. The van der Waals surface area contributed by atoms with E-state index in [1.807, 2.05) is 12.1 Å². The van der Waals surface area contributed by atoms with E-state index in [1.165, 1.54) is 0 Å². The zero-order chi connectivity index (χ0) is 19.7. The van der Waals surface area contributed by atoms with Gasteiger partial charge in [0.2, 0.25) is 15.9 Å². The van der Waals surface area contributed by atoms with Gasteiger partial charge in [0, 0.05) is 30.3 Å². The molecule has 28 heavy (non-hydrogen) atoms. The third-order valence-electron chi connectivity index (χ3n) is 5.47. The van der Waals surface area contributed by atoms with Crippen molar-refractivity contribution < 1.29 is 13.2 Å². The van der Waals surface area contributed by atoms with Gasteiger partial charge >= 0.3 is 0 Å². The molecule has 2 heterocycles. The number of fused-ring (bicyclic) bond motifs is 1. The molecule has 148 valence electrons. The van der Waals surface area contributed by atoms with E-state index in [0.717, 1.165) is 36.1 Å². The lowest BCUT2D eigenvalue weighted by atomic mass is 10.1. The number of carbonyl (C=O) groups excluding carboxylic acids is 1. The molecule has 2 aliphatic rings. The average Bonchev–Trinajstić information content (AvgIpc) is 3.14. The number of nitrogens with zero attached hydrogens (tertiary/aromatic N) is 2. The summed E-state index contributed by atoms with van der Waals surface area (Å²) in [5.74, 6) is 0.00714. The summed E-state index contributed by atoms with van der Waals surface area (Å²) < 4.78 is 27.4. The molecule has 2 aromatic carbocycles. The first-order valence-corrected chi connectivity index (χ1v) is 11.4. The fourth-order valence-electron chi connectivity index (χ4n) is 3.92. The van der Waals surface area contributed by atoms with E-state index in [-0.39, 0.29) is 5.91 Å². The molecule has 0 unspecified atom stereocenters. The lowest BCUT2D eigenvalue weighted by molar-refractivity contribution is -0.117. The van der Waals surface area contributed by atoms with Crippen molar-refractivity contribution in [3.05, 3.63) is 58.6 Å². The van der Waals surface area contributed by atoms with E-state index in [0.29, 0.717) is 42.4 Å². The minimum Gasteiger partial charge on any atom is -0.312 e. The fourth-order valence-corrected chi connectivity index (χ4v) is 5.62. The van der Waals surface area contributed by atoms with Crippen LogP contribution in [0.2, 0.25) is 5.02 Å². The van der Waals surface area contributed by atoms with Gasteiger partial charge in [-0.2, -0.15) is 4.31 Å². The highest BCUT2D eigenvalue weighted by atomic mass is 35.5. The molecule has 1 amide bonds. The summed E-state index contributed by atoms with van der Waals surface area (Å²) >= 11 is 5.90. The van der Waals surface area contributed by atoms with Crippen LogP contribution in [0.3, 0.4) is 0 Å². The maximum Gasteiger partial charge on any atom is 0.243 e. The molecule has 2 aliphatic heterocycles. The van der Waals surface area contributed by atoms with Gasteiger partial charge in [-0.3, -0.25) is 4.79 Å². The Bertz CT molecular complexity index is 983. The van der Waals surface area contributed by atoms with Crippen molar-refractivity contribution in [1.82, 2.24) is 4.31 Å². The monoisotopic (exact) mass is 418 g/mol. The predicted molar refractivity (Wildman–Crippen MR) is 110 cm³/mol. The Morgan fingerprint density at radius 1 is 0.964 bits per heavy atom. The summed E-state index contributed by atoms with van der Waals surface area (Å²) in [7, 11) is -3.46. The number of hydrogen-bond donors (Lipinski definition) is 0. The van der Waals surface area contributed by atoms with Crippen molar-refractivity contribution >= 4 is 33.2 Å². The number of benzene rings is 2. The lowest BCUT2D eigenvalue weighted by Crippen LogP contribution is -2.35. The molecule has 0 N–H and O–H groups in total. The second kappa shape index (κ2) is 7.85. The van der Waals surface area contributed by atoms with Crippen LogP contribution in [0.15, 0.2) is 47.4 Å². The minimum absolute atomic E-state index is 0.00714. The third kappa shape index (κ3) is 3.81. The minimum atomic E-state index is -3.46. The van der Waals surface area contributed by atoms with Crippen molar-refractivity contribution in [2.75, 3.05) is 24.5 Å². The molecule has 0 bridgehead atoms. The van der Waals surface area contributed by atoms with Crippen LogP contribution in [-0.2, 0) is 27.7 Å². The molecular formula is C21H23ClN2O3S. The second-order valence-electron chi connectivity index (χ2n) is 7.35. The van der Waals surface area contributed by atoms with Crippen LogP contribution in [0.5, 0.6) is 0 Å². The Hall–Kier alpha value is -1.89. The van der Waals surface area contributed by atoms with Crippen molar-refractivity contribution in [2.45, 2.75) is 37.0 Å². The number of rotatable bonds is 4. The van der Waals surface area contributed by atoms with Crippen LogP contribution in [0.1, 0.15) is 30.4 Å². The summed E-state index contributed by atoms with van der Waals surface area (Å²) in [6.07, 6.45) is 3.88. The third-order valence-corrected chi connectivity index (χ3v) is 7.62. The van der Waals surface area contributed by atoms with E-state index in [1.54, 1.807) is 39.5 Å². The normalized spacial score (nSPS) is 17.5. The maximum absolute atomic E-state index is 12.9. The van der Waals surface area contributed by atoms with Gasteiger partial charge in [-0.05, 0) is 60.7 Å². The highest BCUT2D eigenvalue weighted by Crippen LogP contribution is 2.32. The van der Waals surface area contributed by atoms with Gasteiger partial charge < -0.3 is 4.90 Å². The number of hydrogen-bond acceptors (Lipinski definition) is 3. The first kappa shape index (κ1) is 19.4. The first-order valence-electron chi connectivity index (χ1n) is 9.63. The molecular weight excluding hydrogens is 396 g/mol. The molecule has 4 rings (SSSR count). The van der Waals surface area contributed by atoms with E-state index in [4.69, 9.17) is 11.6 Å². The van der Waals surface area contributed by atoms with Crippen molar-refractivity contribution in [2.24, 2.45) is 0 Å². The first-order chi connectivity index (χ1) is 13.4. The number of amides is 1. The van der Waals surface area contributed by atoms with Crippen LogP contribution in [-0.4, -0.2) is 38.3 Å². The topological polar surface area (TPSA) is 57.7 Å². The zero-order valence-corrected chi connectivity index (χ0v) is 17.2. The van der Waals surface area contributed by atoms with Crippen molar-refractivity contribution in [3.8, 4) is 0 Å². The number of anilines is 1. The summed E-state index contributed by atoms with van der Waals surface area (Å²) in [4.78, 5) is 14.8. The molecule has 0 aromatic heterocycles. The van der Waals surface area contributed by atoms with Gasteiger partial charge in [0.05, 0.1) is 11.3 Å². The van der Waals surface area contributed by atoms with Crippen LogP contribution < -0.4 is 4.90 Å². The predicted octanol–water partition coefficient (Wildman–Crippen LogP) is 3.65. The molecule has 0 atom stereocenters. The SMILES string of the molecule is O=C(Cc1ccc(Cl)cc1)N1CCc2cc(S(=O)(=O)N3CCCCC3)ccc21. The number of sulfonamides is 1. The Labute approximate surface area is 171 Å². The standard InChI is InChI=1S/C21H23ClN2O3S/c22-18-6-4-16(5-7-18)14-21(25)24-13-10-17-15-19(8-9-20(17)24)28(26,27)23-11-2-1-3-12-23/h4-9,15H,1-3,10-14H2. The van der Waals surface area contributed by atoms with Crippen molar-refractivity contribution in [1.29, 1.82) is 0 Å².